The second-order valence-corrected chi connectivity index (χ2v) is 7.77. The summed E-state index contributed by atoms with van der Waals surface area (Å²) in [5, 5.41) is 7.62. The van der Waals surface area contributed by atoms with Crippen LogP contribution in [-0.2, 0) is 6.42 Å². The summed E-state index contributed by atoms with van der Waals surface area (Å²) in [6, 6.07) is 16.8. The van der Waals surface area contributed by atoms with Crippen LogP contribution in [0.15, 0.2) is 60.0 Å². The predicted molar refractivity (Wildman–Crippen MR) is 115 cm³/mol. The van der Waals surface area contributed by atoms with E-state index in [0.717, 1.165) is 40.2 Å². The lowest BCUT2D eigenvalue weighted by Crippen LogP contribution is -2.35. The molecule has 0 spiro atoms. The summed E-state index contributed by atoms with van der Waals surface area (Å²) in [5.74, 6) is 0.0359. The van der Waals surface area contributed by atoms with E-state index in [-0.39, 0.29) is 11.9 Å². The van der Waals surface area contributed by atoms with Crippen molar-refractivity contribution in [2.75, 3.05) is 22.1 Å². The van der Waals surface area contributed by atoms with Gasteiger partial charge in [-0.05, 0) is 67.1 Å². The van der Waals surface area contributed by atoms with Crippen LogP contribution in [0.3, 0.4) is 0 Å². The number of amides is 3. The average molecular weight is 391 g/mol. The molecule has 0 aliphatic carbocycles. The third kappa shape index (κ3) is 3.92. The summed E-state index contributed by atoms with van der Waals surface area (Å²) in [6.45, 7) is 2.72. The molecule has 3 aromatic rings. The predicted octanol–water partition coefficient (Wildman–Crippen LogP) is 5.29. The molecule has 3 amide bonds. The van der Waals surface area contributed by atoms with Gasteiger partial charge in [-0.15, -0.1) is 11.3 Å². The number of fused-ring (bicyclic) bond motifs is 1. The van der Waals surface area contributed by atoms with E-state index in [1.165, 1.54) is 11.3 Å². The van der Waals surface area contributed by atoms with Gasteiger partial charge in [-0.3, -0.25) is 4.79 Å². The zero-order valence-corrected chi connectivity index (χ0v) is 16.4. The number of anilines is 3. The summed E-state index contributed by atoms with van der Waals surface area (Å²) >= 11 is 1.46. The molecule has 1 aliphatic rings. The van der Waals surface area contributed by atoms with Crippen LogP contribution in [0.2, 0.25) is 0 Å². The minimum Gasteiger partial charge on any atom is -0.308 e. The van der Waals surface area contributed by atoms with Crippen molar-refractivity contribution in [1.82, 2.24) is 0 Å². The van der Waals surface area contributed by atoms with Gasteiger partial charge in [0.05, 0.1) is 4.88 Å². The monoisotopic (exact) mass is 391 g/mol. The Morgan fingerprint density at radius 1 is 1.00 bits per heavy atom. The van der Waals surface area contributed by atoms with E-state index in [1.807, 2.05) is 71.8 Å². The Morgan fingerprint density at radius 2 is 1.75 bits per heavy atom. The van der Waals surface area contributed by atoms with Gasteiger partial charge in [0.2, 0.25) is 0 Å². The molecule has 0 saturated carbocycles. The number of nitrogens with one attached hydrogen (secondary N) is 2. The number of hydrogen-bond acceptors (Lipinski definition) is 3. The number of carbonyl (C=O) groups is 2. The molecule has 6 heteroatoms. The first kappa shape index (κ1) is 18.3. The Kier molecular flexibility index (Phi) is 5.12. The SMILES string of the molecule is Cc1ccc(NC(=O)Nc2ccc3c(c2)CCCN3C(=O)c2cccs2)cc1. The second-order valence-electron chi connectivity index (χ2n) is 6.83. The normalized spacial score (nSPS) is 13.0. The van der Waals surface area contributed by atoms with Crippen LogP contribution in [-0.4, -0.2) is 18.5 Å². The molecular weight excluding hydrogens is 370 g/mol. The number of benzene rings is 2. The smallest absolute Gasteiger partial charge is 0.308 e. The summed E-state index contributed by atoms with van der Waals surface area (Å²) in [6.07, 6.45) is 1.79. The Bertz CT molecular complexity index is 997. The Balaban J connectivity index is 1.48. The fourth-order valence-corrected chi connectivity index (χ4v) is 4.02. The van der Waals surface area contributed by atoms with Gasteiger partial charge in [0, 0.05) is 23.6 Å². The molecule has 28 heavy (non-hydrogen) atoms. The second kappa shape index (κ2) is 7.86. The van der Waals surface area contributed by atoms with Crippen LogP contribution in [0, 0.1) is 6.92 Å². The number of carbonyl (C=O) groups excluding carboxylic acids is 2. The van der Waals surface area contributed by atoms with Crippen molar-refractivity contribution >= 4 is 40.3 Å². The van der Waals surface area contributed by atoms with E-state index >= 15 is 0 Å². The van der Waals surface area contributed by atoms with Crippen LogP contribution in [0.4, 0.5) is 21.9 Å². The zero-order chi connectivity index (χ0) is 19.5. The molecule has 2 heterocycles. The maximum atomic E-state index is 12.8. The van der Waals surface area contributed by atoms with Crippen molar-refractivity contribution in [1.29, 1.82) is 0 Å². The van der Waals surface area contributed by atoms with E-state index in [0.29, 0.717) is 12.2 Å². The first-order valence-electron chi connectivity index (χ1n) is 9.23. The van der Waals surface area contributed by atoms with Crippen LogP contribution >= 0.6 is 11.3 Å². The van der Waals surface area contributed by atoms with Crippen LogP contribution in [0.1, 0.15) is 27.2 Å². The first-order chi connectivity index (χ1) is 13.6. The number of rotatable bonds is 3. The van der Waals surface area contributed by atoms with Crippen LogP contribution < -0.4 is 15.5 Å². The molecule has 0 saturated heterocycles. The Hall–Kier alpha value is -3.12. The molecule has 0 bridgehead atoms. The Morgan fingerprint density at radius 3 is 2.50 bits per heavy atom. The molecule has 0 atom stereocenters. The zero-order valence-electron chi connectivity index (χ0n) is 15.6. The summed E-state index contributed by atoms with van der Waals surface area (Å²) in [4.78, 5) is 27.6. The van der Waals surface area contributed by atoms with Gasteiger partial charge in [0.1, 0.15) is 0 Å². The van der Waals surface area contributed by atoms with Gasteiger partial charge >= 0.3 is 6.03 Å². The van der Waals surface area contributed by atoms with Crippen molar-refractivity contribution in [3.8, 4) is 0 Å². The van der Waals surface area contributed by atoms with Gasteiger partial charge in [-0.25, -0.2) is 4.79 Å². The van der Waals surface area contributed by atoms with Crippen molar-refractivity contribution < 1.29 is 9.59 Å². The number of urea groups is 1. The molecule has 0 unspecified atom stereocenters. The average Bonchev–Trinajstić information content (AvgIpc) is 3.23. The molecule has 1 aromatic heterocycles. The Labute approximate surface area is 168 Å². The largest absolute Gasteiger partial charge is 0.323 e. The highest BCUT2D eigenvalue weighted by atomic mass is 32.1. The maximum absolute atomic E-state index is 12.8. The molecular formula is C22H21N3O2S. The molecule has 142 valence electrons. The maximum Gasteiger partial charge on any atom is 0.323 e. The summed E-state index contributed by atoms with van der Waals surface area (Å²) in [5.41, 5.74) is 4.60. The van der Waals surface area contributed by atoms with Crippen molar-refractivity contribution in [2.45, 2.75) is 19.8 Å². The number of hydrogen-bond donors (Lipinski definition) is 2. The number of thiophene rings is 1. The fourth-order valence-electron chi connectivity index (χ4n) is 3.35. The molecule has 4 rings (SSSR count). The number of nitrogens with zero attached hydrogens (tertiary/aromatic N) is 1. The van der Waals surface area contributed by atoms with Crippen LogP contribution in [0.25, 0.3) is 0 Å². The summed E-state index contributed by atoms with van der Waals surface area (Å²) in [7, 11) is 0. The van der Waals surface area contributed by atoms with Gasteiger partial charge in [0.25, 0.3) is 5.91 Å². The number of aryl methyl sites for hydroxylation is 2. The highest BCUT2D eigenvalue weighted by Gasteiger charge is 2.24. The molecule has 5 nitrogen and oxygen atoms in total. The van der Waals surface area contributed by atoms with E-state index in [2.05, 4.69) is 10.6 Å². The highest BCUT2D eigenvalue weighted by Crippen LogP contribution is 2.31. The quantitative estimate of drug-likeness (QED) is 0.637. The van der Waals surface area contributed by atoms with E-state index in [4.69, 9.17) is 0 Å². The molecule has 0 radical (unpaired) electrons. The molecule has 0 fully saturated rings. The van der Waals surface area contributed by atoms with Gasteiger partial charge in [-0.2, -0.15) is 0 Å². The van der Waals surface area contributed by atoms with Gasteiger partial charge < -0.3 is 15.5 Å². The first-order valence-corrected chi connectivity index (χ1v) is 10.1. The lowest BCUT2D eigenvalue weighted by molar-refractivity contribution is 0.0989. The third-order valence-corrected chi connectivity index (χ3v) is 5.60. The minimum absolute atomic E-state index is 0.0359. The van der Waals surface area contributed by atoms with Crippen LogP contribution in [0.5, 0.6) is 0 Å². The van der Waals surface area contributed by atoms with E-state index in [1.54, 1.807) is 0 Å². The lowest BCUT2D eigenvalue weighted by atomic mass is 10.0. The topological polar surface area (TPSA) is 61.4 Å². The minimum atomic E-state index is -0.286. The van der Waals surface area contributed by atoms with E-state index in [9.17, 15) is 9.59 Å². The molecule has 1 aliphatic heterocycles. The molecule has 2 N–H and O–H groups in total. The lowest BCUT2D eigenvalue weighted by Gasteiger charge is -2.29. The van der Waals surface area contributed by atoms with E-state index < -0.39 is 0 Å². The van der Waals surface area contributed by atoms with Gasteiger partial charge in [-0.1, -0.05) is 23.8 Å². The van der Waals surface area contributed by atoms with Crippen molar-refractivity contribution in [3.05, 3.63) is 76.0 Å². The third-order valence-electron chi connectivity index (χ3n) is 4.74. The fraction of sp³-hybridized carbons (Fsp3) is 0.182. The highest BCUT2D eigenvalue weighted by molar-refractivity contribution is 7.12. The van der Waals surface area contributed by atoms with Gasteiger partial charge in [0.15, 0.2) is 0 Å². The van der Waals surface area contributed by atoms with Crippen molar-refractivity contribution in [3.63, 3.8) is 0 Å². The summed E-state index contributed by atoms with van der Waals surface area (Å²) < 4.78 is 0. The molecule has 2 aromatic carbocycles. The van der Waals surface area contributed by atoms with Crippen molar-refractivity contribution in [2.24, 2.45) is 0 Å². The standard InChI is InChI=1S/C22H21N3O2S/c1-15-6-8-17(9-7-15)23-22(27)24-18-10-11-19-16(14-18)4-2-12-25(19)21(26)20-5-3-13-28-20/h3,5-11,13-14H,2,4,12H2,1H3,(H2,23,24,27).